The van der Waals surface area contributed by atoms with E-state index in [1.165, 1.54) is 23.5 Å². The zero-order valence-electron chi connectivity index (χ0n) is 13.3. The molecule has 0 atom stereocenters. The van der Waals surface area contributed by atoms with E-state index in [1.807, 2.05) is 6.07 Å². The highest BCUT2D eigenvalue weighted by Gasteiger charge is 2.10. The Kier molecular flexibility index (Phi) is 5.15. The lowest BCUT2D eigenvalue weighted by molar-refractivity contribution is -0.121. The molecule has 0 fully saturated rings. The van der Waals surface area contributed by atoms with E-state index in [0.717, 1.165) is 5.56 Å². The monoisotopic (exact) mass is 340 g/mol. The fourth-order valence-corrected chi connectivity index (χ4v) is 2.16. The molecule has 2 amide bonds. The van der Waals surface area contributed by atoms with E-state index >= 15 is 0 Å². The van der Waals surface area contributed by atoms with Crippen LogP contribution in [0.15, 0.2) is 54.0 Å². The number of amides is 2. The lowest BCUT2D eigenvalue weighted by atomic mass is 10.2. The molecule has 0 saturated heterocycles. The summed E-state index contributed by atoms with van der Waals surface area (Å²) >= 11 is 0. The van der Waals surface area contributed by atoms with Gasteiger partial charge in [-0.2, -0.15) is 5.10 Å². The average Bonchev–Trinajstić information content (AvgIpc) is 3.33. The number of hydrogen-bond donors (Lipinski definition) is 2. The molecule has 0 aromatic carbocycles. The number of carbonyl (C=O) groups is 2. The molecule has 0 aliphatic carbocycles. The minimum Gasteiger partial charge on any atom is -0.472 e. The van der Waals surface area contributed by atoms with Crippen LogP contribution in [-0.2, 0) is 11.3 Å². The maximum Gasteiger partial charge on any atom is 0.254 e. The third kappa shape index (κ3) is 4.28. The molecule has 0 aliphatic heterocycles. The van der Waals surface area contributed by atoms with E-state index in [0.29, 0.717) is 17.9 Å². The van der Waals surface area contributed by atoms with Crippen molar-refractivity contribution in [1.82, 2.24) is 30.4 Å². The fourth-order valence-electron chi connectivity index (χ4n) is 2.16. The summed E-state index contributed by atoms with van der Waals surface area (Å²) < 4.78 is 6.37. The van der Waals surface area contributed by atoms with Crippen LogP contribution in [0.4, 0.5) is 0 Å². The van der Waals surface area contributed by atoms with Gasteiger partial charge in [0.2, 0.25) is 5.91 Å². The summed E-state index contributed by atoms with van der Waals surface area (Å²) in [5.74, 6) is 0.150. The van der Waals surface area contributed by atoms with Crippen molar-refractivity contribution in [1.29, 1.82) is 0 Å². The molecule has 2 N–H and O–H groups in total. The van der Waals surface area contributed by atoms with E-state index in [9.17, 15) is 9.59 Å². The Morgan fingerprint density at radius 3 is 2.92 bits per heavy atom. The van der Waals surface area contributed by atoms with E-state index in [1.54, 1.807) is 24.7 Å². The van der Waals surface area contributed by atoms with Crippen LogP contribution in [0.2, 0.25) is 0 Å². The van der Waals surface area contributed by atoms with Crippen molar-refractivity contribution in [2.45, 2.75) is 13.0 Å². The van der Waals surface area contributed by atoms with Gasteiger partial charge in [0.25, 0.3) is 5.91 Å². The van der Waals surface area contributed by atoms with Gasteiger partial charge in [0.15, 0.2) is 5.82 Å². The number of carbonyl (C=O) groups excluding carboxylic acids is 2. The summed E-state index contributed by atoms with van der Waals surface area (Å²) in [7, 11) is 0. The Hall–Kier alpha value is -3.49. The van der Waals surface area contributed by atoms with Gasteiger partial charge < -0.3 is 15.1 Å². The smallest absolute Gasteiger partial charge is 0.254 e. The zero-order valence-corrected chi connectivity index (χ0v) is 13.3. The van der Waals surface area contributed by atoms with Crippen molar-refractivity contribution in [3.05, 3.63) is 60.7 Å². The second-order valence-electron chi connectivity index (χ2n) is 5.12. The molecular weight excluding hydrogens is 324 g/mol. The van der Waals surface area contributed by atoms with Gasteiger partial charge in [0.05, 0.1) is 11.8 Å². The second kappa shape index (κ2) is 7.86. The standard InChI is InChI=1S/C16H16N6O3/c23-14(3-6-19-16(24)13-4-7-25-9-13)20-8-12-2-1-5-18-15(12)22-11-17-10-21-22/h1-2,4-5,7,9-11H,3,6,8H2,(H,19,24)(H,20,23). The first-order chi connectivity index (χ1) is 12.2. The first kappa shape index (κ1) is 16.4. The molecule has 0 unspecified atom stereocenters. The first-order valence-corrected chi connectivity index (χ1v) is 7.60. The first-order valence-electron chi connectivity index (χ1n) is 7.60. The van der Waals surface area contributed by atoms with Crippen molar-refractivity contribution >= 4 is 11.8 Å². The van der Waals surface area contributed by atoms with E-state index in [4.69, 9.17) is 4.42 Å². The summed E-state index contributed by atoms with van der Waals surface area (Å²) in [5.41, 5.74) is 1.23. The van der Waals surface area contributed by atoms with Crippen molar-refractivity contribution in [2.24, 2.45) is 0 Å². The summed E-state index contributed by atoms with van der Waals surface area (Å²) in [6.07, 6.45) is 7.54. The molecular formula is C16H16N6O3. The van der Waals surface area contributed by atoms with Crippen LogP contribution in [0.1, 0.15) is 22.3 Å². The van der Waals surface area contributed by atoms with E-state index < -0.39 is 0 Å². The molecule has 0 bridgehead atoms. The predicted molar refractivity (Wildman–Crippen MR) is 86.7 cm³/mol. The molecule has 3 aromatic rings. The zero-order chi connectivity index (χ0) is 17.5. The molecule has 128 valence electrons. The van der Waals surface area contributed by atoms with Gasteiger partial charge in [-0.25, -0.2) is 14.6 Å². The van der Waals surface area contributed by atoms with Gasteiger partial charge in [-0.15, -0.1) is 0 Å². The normalized spacial score (nSPS) is 10.4. The maximum atomic E-state index is 11.9. The molecule has 0 saturated carbocycles. The third-order valence-electron chi connectivity index (χ3n) is 3.40. The quantitative estimate of drug-likeness (QED) is 0.654. The maximum absolute atomic E-state index is 11.9. The molecule has 3 aromatic heterocycles. The SMILES string of the molecule is O=C(CCNC(=O)c1ccoc1)NCc1cccnc1-n1cncn1. The summed E-state index contributed by atoms with van der Waals surface area (Å²) in [4.78, 5) is 31.8. The molecule has 0 spiro atoms. The number of aromatic nitrogens is 4. The number of rotatable bonds is 7. The predicted octanol–water partition coefficient (Wildman–Crippen LogP) is 0.692. The van der Waals surface area contributed by atoms with Crippen molar-refractivity contribution in [3.63, 3.8) is 0 Å². The van der Waals surface area contributed by atoms with Crippen LogP contribution in [-0.4, -0.2) is 38.1 Å². The van der Waals surface area contributed by atoms with E-state index in [2.05, 4.69) is 25.7 Å². The average molecular weight is 340 g/mol. The molecule has 25 heavy (non-hydrogen) atoms. The number of hydrogen-bond acceptors (Lipinski definition) is 6. The molecule has 0 aliphatic rings. The summed E-state index contributed by atoms with van der Waals surface area (Å²) in [6, 6.07) is 5.20. The fraction of sp³-hybridized carbons (Fsp3) is 0.188. The molecule has 3 rings (SSSR count). The Bertz CT molecular complexity index is 829. The number of nitrogens with one attached hydrogen (secondary N) is 2. The molecule has 0 radical (unpaired) electrons. The largest absolute Gasteiger partial charge is 0.472 e. The Labute approximate surface area is 143 Å². The van der Waals surface area contributed by atoms with Gasteiger partial charge >= 0.3 is 0 Å². The van der Waals surface area contributed by atoms with Gasteiger partial charge in [0, 0.05) is 31.3 Å². The minimum atomic E-state index is -0.276. The molecule has 9 heteroatoms. The Morgan fingerprint density at radius 1 is 1.24 bits per heavy atom. The van der Waals surface area contributed by atoms with Crippen LogP contribution in [0.25, 0.3) is 5.82 Å². The summed E-state index contributed by atoms with van der Waals surface area (Å²) in [6.45, 7) is 0.538. The Morgan fingerprint density at radius 2 is 2.16 bits per heavy atom. The summed E-state index contributed by atoms with van der Waals surface area (Å²) in [5, 5.41) is 9.50. The number of furan rings is 1. The lowest BCUT2D eigenvalue weighted by Crippen LogP contribution is -2.30. The van der Waals surface area contributed by atoms with Crippen LogP contribution < -0.4 is 10.6 Å². The minimum absolute atomic E-state index is 0.169. The van der Waals surface area contributed by atoms with Crippen molar-refractivity contribution in [3.8, 4) is 5.82 Å². The van der Waals surface area contributed by atoms with Gasteiger partial charge in [-0.1, -0.05) is 6.07 Å². The van der Waals surface area contributed by atoms with Gasteiger partial charge in [0.1, 0.15) is 18.9 Å². The van der Waals surface area contributed by atoms with Crippen LogP contribution in [0.5, 0.6) is 0 Å². The Balaban J connectivity index is 1.47. The topological polar surface area (TPSA) is 115 Å². The molecule has 9 nitrogen and oxygen atoms in total. The van der Waals surface area contributed by atoms with Crippen molar-refractivity contribution < 1.29 is 14.0 Å². The van der Waals surface area contributed by atoms with E-state index in [-0.39, 0.29) is 24.8 Å². The highest BCUT2D eigenvalue weighted by Crippen LogP contribution is 2.09. The van der Waals surface area contributed by atoms with Gasteiger partial charge in [-0.3, -0.25) is 9.59 Å². The van der Waals surface area contributed by atoms with Crippen LogP contribution >= 0.6 is 0 Å². The lowest BCUT2D eigenvalue weighted by Gasteiger charge is -2.09. The van der Waals surface area contributed by atoms with Crippen molar-refractivity contribution in [2.75, 3.05) is 6.54 Å². The second-order valence-corrected chi connectivity index (χ2v) is 5.12. The van der Waals surface area contributed by atoms with Crippen LogP contribution in [0.3, 0.4) is 0 Å². The highest BCUT2D eigenvalue weighted by molar-refractivity contribution is 5.94. The number of pyridine rings is 1. The van der Waals surface area contributed by atoms with Gasteiger partial charge in [-0.05, 0) is 12.1 Å². The highest BCUT2D eigenvalue weighted by atomic mass is 16.3. The third-order valence-corrected chi connectivity index (χ3v) is 3.40. The van der Waals surface area contributed by atoms with Crippen LogP contribution in [0, 0.1) is 0 Å². The molecule has 3 heterocycles. The number of nitrogens with zero attached hydrogens (tertiary/aromatic N) is 4.